The number of carbonyl (C=O) groups is 1. The average Bonchev–Trinajstić information content (AvgIpc) is 2.61. The molecule has 2 heterocycles. The van der Waals surface area contributed by atoms with E-state index >= 15 is 0 Å². The monoisotopic (exact) mass is 391 g/mol. The number of aromatic nitrogens is 2. The average molecular weight is 392 g/mol. The van der Waals surface area contributed by atoms with Crippen LogP contribution in [0.3, 0.4) is 0 Å². The van der Waals surface area contributed by atoms with Gasteiger partial charge in [-0.25, -0.2) is 4.98 Å². The van der Waals surface area contributed by atoms with E-state index in [-0.39, 0.29) is 11.5 Å². The Morgan fingerprint density at radius 1 is 1.42 bits per heavy atom. The Bertz CT molecular complexity index is 802. The molecule has 128 valence electrons. The molecule has 1 aromatic heterocycles. The Kier molecular flexibility index (Phi) is 5.33. The van der Waals surface area contributed by atoms with Crippen LogP contribution in [-0.4, -0.2) is 33.4 Å². The van der Waals surface area contributed by atoms with Gasteiger partial charge in [-0.15, -0.1) is 0 Å². The van der Waals surface area contributed by atoms with Crippen LogP contribution in [0.4, 0.5) is 0 Å². The smallest absolute Gasteiger partial charge is 0.261 e. The molecule has 3 rings (SSSR count). The summed E-state index contributed by atoms with van der Waals surface area (Å²) in [4.78, 5) is 31.3. The van der Waals surface area contributed by atoms with Crippen molar-refractivity contribution in [3.63, 3.8) is 0 Å². The van der Waals surface area contributed by atoms with Gasteiger partial charge in [0, 0.05) is 30.5 Å². The lowest BCUT2D eigenvalue weighted by Gasteiger charge is -2.32. The van der Waals surface area contributed by atoms with E-state index in [0.29, 0.717) is 29.8 Å². The number of benzene rings is 1. The van der Waals surface area contributed by atoms with Gasteiger partial charge in [-0.1, -0.05) is 29.3 Å². The molecule has 6 heteroatoms. The third-order valence-electron chi connectivity index (χ3n) is 4.80. The predicted octanol–water partition coefficient (Wildman–Crippen LogP) is 3.20. The minimum absolute atomic E-state index is 0.0980. The Hall–Kier alpha value is -1.69. The molecule has 1 atom stereocenters. The minimum Gasteiger partial charge on any atom is -0.342 e. The molecule has 1 amide bonds. The van der Waals surface area contributed by atoms with E-state index in [2.05, 4.69) is 27.8 Å². The highest BCUT2D eigenvalue weighted by Crippen LogP contribution is 2.20. The molecule has 0 radical (unpaired) electrons. The molecule has 0 spiro atoms. The maximum absolute atomic E-state index is 12.5. The van der Waals surface area contributed by atoms with E-state index < -0.39 is 0 Å². The quantitative estimate of drug-likeness (QED) is 0.803. The number of likely N-dealkylation sites (tertiary alicyclic amines) is 1. The first-order chi connectivity index (χ1) is 11.6. The summed E-state index contributed by atoms with van der Waals surface area (Å²) in [6.45, 7) is 4.25. The SMILES string of the molecule is CCC1CCCN(C(=O)CCn2cnc3ccc(Br)cc3c2=O)C1. The van der Waals surface area contributed by atoms with Crippen LogP contribution in [-0.2, 0) is 11.3 Å². The summed E-state index contributed by atoms with van der Waals surface area (Å²) in [7, 11) is 0. The lowest BCUT2D eigenvalue weighted by molar-refractivity contribution is -0.133. The van der Waals surface area contributed by atoms with E-state index in [1.807, 2.05) is 17.0 Å². The fourth-order valence-corrected chi connectivity index (χ4v) is 3.65. The molecule has 1 saturated heterocycles. The van der Waals surface area contributed by atoms with Crippen LogP contribution < -0.4 is 5.56 Å². The summed E-state index contributed by atoms with van der Waals surface area (Å²) in [6.07, 6.45) is 5.29. The number of rotatable bonds is 4. The number of aryl methyl sites for hydroxylation is 1. The second kappa shape index (κ2) is 7.47. The summed E-state index contributed by atoms with van der Waals surface area (Å²) in [5.41, 5.74) is 0.576. The maximum Gasteiger partial charge on any atom is 0.261 e. The first-order valence-corrected chi connectivity index (χ1v) is 9.30. The summed E-state index contributed by atoms with van der Waals surface area (Å²) in [5, 5.41) is 0.573. The molecule has 1 unspecified atom stereocenters. The van der Waals surface area contributed by atoms with Gasteiger partial charge in [0.05, 0.1) is 17.2 Å². The Morgan fingerprint density at radius 3 is 3.04 bits per heavy atom. The molecular formula is C18H22BrN3O2. The highest BCUT2D eigenvalue weighted by Gasteiger charge is 2.22. The Morgan fingerprint density at radius 2 is 2.25 bits per heavy atom. The number of hydrogen-bond acceptors (Lipinski definition) is 3. The van der Waals surface area contributed by atoms with Crippen molar-refractivity contribution in [2.24, 2.45) is 5.92 Å². The molecule has 1 aliphatic heterocycles. The van der Waals surface area contributed by atoms with Crippen molar-refractivity contribution in [3.8, 4) is 0 Å². The van der Waals surface area contributed by atoms with Crippen molar-refractivity contribution in [3.05, 3.63) is 39.4 Å². The predicted molar refractivity (Wildman–Crippen MR) is 97.9 cm³/mol. The lowest BCUT2D eigenvalue weighted by atomic mass is 9.95. The number of carbonyl (C=O) groups excluding carboxylic acids is 1. The van der Waals surface area contributed by atoms with Crippen molar-refractivity contribution >= 4 is 32.7 Å². The van der Waals surface area contributed by atoms with Gasteiger partial charge in [-0.3, -0.25) is 14.2 Å². The number of amides is 1. The molecule has 0 saturated carbocycles. The molecule has 0 aliphatic carbocycles. The normalized spacial score (nSPS) is 18.1. The zero-order valence-electron chi connectivity index (χ0n) is 13.9. The highest BCUT2D eigenvalue weighted by molar-refractivity contribution is 9.10. The second-order valence-corrected chi connectivity index (χ2v) is 7.33. The number of fused-ring (bicyclic) bond motifs is 1. The van der Waals surface area contributed by atoms with Crippen LogP contribution in [0.15, 0.2) is 33.8 Å². The molecule has 1 aromatic carbocycles. The van der Waals surface area contributed by atoms with Gasteiger partial charge >= 0.3 is 0 Å². The zero-order chi connectivity index (χ0) is 17.1. The second-order valence-electron chi connectivity index (χ2n) is 6.41. The van der Waals surface area contributed by atoms with Crippen LogP contribution in [0.2, 0.25) is 0 Å². The molecule has 1 fully saturated rings. The molecule has 2 aromatic rings. The molecule has 0 N–H and O–H groups in total. The minimum atomic E-state index is -0.0980. The summed E-state index contributed by atoms with van der Waals surface area (Å²) in [6, 6.07) is 5.46. The molecule has 0 bridgehead atoms. The fraction of sp³-hybridized carbons (Fsp3) is 0.500. The molecule has 5 nitrogen and oxygen atoms in total. The fourth-order valence-electron chi connectivity index (χ4n) is 3.29. The van der Waals surface area contributed by atoms with Crippen molar-refractivity contribution in [2.75, 3.05) is 13.1 Å². The number of piperidine rings is 1. The summed E-state index contributed by atoms with van der Waals surface area (Å²) in [5.74, 6) is 0.750. The van der Waals surface area contributed by atoms with Crippen LogP contribution >= 0.6 is 15.9 Å². The van der Waals surface area contributed by atoms with Crippen LogP contribution in [0.25, 0.3) is 10.9 Å². The van der Waals surface area contributed by atoms with Gasteiger partial charge < -0.3 is 4.90 Å². The van der Waals surface area contributed by atoms with Crippen LogP contribution in [0.1, 0.15) is 32.6 Å². The number of hydrogen-bond donors (Lipinski definition) is 0. The van der Waals surface area contributed by atoms with E-state index in [1.165, 1.54) is 17.3 Å². The Balaban J connectivity index is 1.70. The highest BCUT2D eigenvalue weighted by atomic mass is 79.9. The van der Waals surface area contributed by atoms with Crippen LogP contribution in [0.5, 0.6) is 0 Å². The van der Waals surface area contributed by atoms with Gasteiger partial charge in [0.1, 0.15) is 0 Å². The third-order valence-corrected chi connectivity index (χ3v) is 5.29. The van der Waals surface area contributed by atoms with Gasteiger partial charge in [-0.2, -0.15) is 0 Å². The summed E-state index contributed by atoms with van der Waals surface area (Å²) < 4.78 is 2.38. The van der Waals surface area contributed by atoms with Gasteiger partial charge in [0.2, 0.25) is 5.91 Å². The first-order valence-electron chi connectivity index (χ1n) is 8.51. The van der Waals surface area contributed by atoms with Crippen molar-refractivity contribution < 1.29 is 4.79 Å². The largest absolute Gasteiger partial charge is 0.342 e. The van der Waals surface area contributed by atoms with E-state index in [9.17, 15) is 9.59 Å². The summed E-state index contributed by atoms with van der Waals surface area (Å²) >= 11 is 3.38. The van der Waals surface area contributed by atoms with Crippen molar-refractivity contribution in [1.29, 1.82) is 0 Å². The lowest BCUT2D eigenvalue weighted by Crippen LogP contribution is -2.40. The van der Waals surface area contributed by atoms with Crippen molar-refractivity contribution in [1.82, 2.24) is 14.5 Å². The maximum atomic E-state index is 12.5. The molecular weight excluding hydrogens is 370 g/mol. The van der Waals surface area contributed by atoms with Gasteiger partial charge in [0.25, 0.3) is 5.56 Å². The zero-order valence-corrected chi connectivity index (χ0v) is 15.5. The Labute approximate surface area is 149 Å². The first kappa shape index (κ1) is 17.1. The molecule has 1 aliphatic rings. The standard InChI is InChI=1S/C18H22BrN3O2/c1-2-13-4-3-8-21(11-13)17(23)7-9-22-12-20-16-6-5-14(19)10-15(16)18(22)24/h5-6,10,12-13H,2-4,7-9,11H2,1H3. The van der Waals surface area contributed by atoms with Crippen LogP contribution in [0, 0.1) is 5.92 Å². The van der Waals surface area contributed by atoms with Crippen molar-refractivity contribution in [2.45, 2.75) is 39.2 Å². The topological polar surface area (TPSA) is 55.2 Å². The van der Waals surface area contributed by atoms with Gasteiger partial charge in [0.15, 0.2) is 0 Å². The third kappa shape index (κ3) is 3.69. The van der Waals surface area contributed by atoms with Gasteiger partial charge in [-0.05, 0) is 37.0 Å². The number of nitrogens with zero attached hydrogens (tertiary/aromatic N) is 3. The van der Waals surface area contributed by atoms with E-state index in [0.717, 1.165) is 30.4 Å². The molecule has 24 heavy (non-hydrogen) atoms. The number of halogens is 1. The van der Waals surface area contributed by atoms with E-state index in [1.54, 1.807) is 6.07 Å². The van der Waals surface area contributed by atoms with E-state index in [4.69, 9.17) is 0 Å².